The van der Waals surface area contributed by atoms with Gasteiger partial charge in [0.15, 0.2) is 6.23 Å². The molecule has 0 fully saturated rings. The number of aromatic nitrogens is 2. The number of ether oxygens (including phenoxy) is 1. The summed E-state index contributed by atoms with van der Waals surface area (Å²) in [5.41, 5.74) is -0.491. The lowest BCUT2D eigenvalue weighted by molar-refractivity contribution is -0.126. The number of hydrogen-bond acceptors (Lipinski definition) is 5. The normalized spacial score (nSPS) is 19.5. The highest BCUT2D eigenvalue weighted by atomic mass is 16.5. The van der Waals surface area contributed by atoms with E-state index in [1.807, 2.05) is 0 Å². The Morgan fingerprint density at radius 1 is 1.41 bits per heavy atom. The number of nitrogens with zero attached hydrogens (tertiary/aromatic N) is 2. The molecule has 22 heavy (non-hydrogen) atoms. The average molecular weight is 311 g/mol. The van der Waals surface area contributed by atoms with Crippen molar-refractivity contribution in [3.63, 3.8) is 0 Å². The Morgan fingerprint density at radius 2 is 2.00 bits per heavy atom. The van der Waals surface area contributed by atoms with Crippen molar-refractivity contribution in [2.75, 3.05) is 20.7 Å². The zero-order valence-electron chi connectivity index (χ0n) is 13.1. The summed E-state index contributed by atoms with van der Waals surface area (Å²) < 4.78 is 6.63. The molecule has 2 rings (SSSR count). The van der Waals surface area contributed by atoms with Crippen LogP contribution in [0.4, 0.5) is 0 Å². The molecule has 0 saturated carbocycles. The molecule has 2 N–H and O–H groups in total. The van der Waals surface area contributed by atoms with Crippen LogP contribution in [-0.4, -0.2) is 52.3 Å². The minimum absolute atomic E-state index is 0.0926. The molecule has 0 bridgehead atoms. The number of H-pyrrole nitrogens is 1. The Morgan fingerprint density at radius 3 is 2.45 bits per heavy atom. The summed E-state index contributed by atoms with van der Waals surface area (Å²) in [7, 11) is 3.45. The van der Waals surface area contributed by atoms with E-state index in [0.717, 1.165) is 0 Å². The summed E-state index contributed by atoms with van der Waals surface area (Å²) in [4.78, 5) is 36.5. The molecule has 1 aliphatic rings. The van der Waals surface area contributed by atoms with Gasteiger partial charge in [-0.05, 0) is 13.0 Å². The molecule has 122 valence electrons. The monoisotopic (exact) mass is 311 g/mol. The summed E-state index contributed by atoms with van der Waals surface area (Å²) in [5.74, 6) is 0.0926. The average Bonchev–Trinajstić information content (AvgIpc) is 2.92. The number of carbonyl (C=O) groups is 1. The number of aliphatic hydroxyl groups excluding tert-OH is 1. The number of aryl methyl sites for hydroxylation is 1. The molecular weight excluding hydrogens is 290 g/mol. The van der Waals surface area contributed by atoms with E-state index in [9.17, 15) is 14.4 Å². The Kier molecular flexibility index (Phi) is 6.26. The van der Waals surface area contributed by atoms with Crippen LogP contribution in [0.5, 0.6) is 0 Å². The van der Waals surface area contributed by atoms with Gasteiger partial charge in [-0.3, -0.25) is 19.1 Å². The number of amides is 1. The third-order valence-corrected chi connectivity index (χ3v) is 3.03. The topological polar surface area (TPSA) is 105 Å². The van der Waals surface area contributed by atoms with Crippen molar-refractivity contribution in [1.29, 1.82) is 0 Å². The fourth-order valence-corrected chi connectivity index (χ4v) is 1.53. The van der Waals surface area contributed by atoms with Gasteiger partial charge in [0.1, 0.15) is 6.10 Å². The fraction of sp³-hybridized carbons (Fsp3) is 0.500. The molecule has 0 unspecified atom stereocenters. The fourth-order valence-electron chi connectivity index (χ4n) is 1.53. The lowest BCUT2D eigenvalue weighted by atomic mass is 10.3. The SMILES string of the molecule is CC(=O)N(C)C.Cc1cn([C@H]2C=C[C@@H](CO)O2)c(=O)[nH]c1=O. The van der Waals surface area contributed by atoms with Crippen LogP contribution >= 0.6 is 0 Å². The van der Waals surface area contributed by atoms with Crippen LogP contribution in [0.15, 0.2) is 27.9 Å². The molecule has 0 saturated heterocycles. The van der Waals surface area contributed by atoms with E-state index in [0.29, 0.717) is 5.56 Å². The van der Waals surface area contributed by atoms with Gasteiger partial charge in [-0.15, -0.1) is 0 Å². The van der Waals surface area contributed by atoms with Gasteiger partial charge in [0.2, 0.25) is 5.91 Å². The largest absolute Gasteiger partial charge is 0.393 e. The van der Waals surface area contributed by atoms with Crippen LogP contribution in [0.3, 0.4) is 0 Å². The minimum Gasteiger partial charge on any atom is -0.393 e. The first-order chi connectivity index (χ1) is 10.3. The van der Waals surface area contributed by atoms with Crippen LogP contribution in [0.25, 0.3) is 0 Å². The van der Waals surface area contributed by atoms with Crippen LogP contribution in [-0.2, 0) is 9.53 Å². The molecule has 1 aliphatic heterocycles. The maximum Gasteiger partial charge on any atom is 0.330 e. The third-order valence-electron chi connectivity index (χ3n) is 3.03. The predicted molar refractivity (Wildman–Crippen MR) is 80.6 cm³/mol. The lowest BCUT2D eigenvalue weighted by Gasteiger charge is -2.14. The van der Waals surface area contributed by atoms with Crippen LogP contribution in [0.1, 0.15) is 18.7 Å². The van der Waals surface area contributed by atoms with Crippen molar-refractivity contribution >= 4 is 5.91 Å². The number of nitrogens with one attached hydrogen (secondary N) is 1. The molecular formula is C14H21N3O5. The molecule has 1 amide bonds. The third kappa shape index (κ3) is 4.68. The molecule has 0 aliphatic carbocycles. The molecule has 1 aromatic heterocycles. The zero-order valence-corrected chi connectivity index (χ0v) is 13.1. The molecule has 8 nitrogen and oxygen atoms in total. The van der Waals surface area contributed by atoms with Crippen molar-refractivity contribution in [3.05, 3.63) is 44.8 Å². The summed E-state index contributed by atoms with van der Waals surface area (Å²) in [6, 6.07) is 0. The second-order valence-electron chi connectivity index (χ2n) is 5.02. The Labute approximate surface area is 127 Å². The van der Waals surface area contributed by atoms with E-state index in [2.05, 4.69) is 4.98 Å². The smallest absolute Gasteiger partial charge is 0.330 e. The van der Waals surface area contributed by atoms with Gasteiger partial charge < -0.3 is 14.7 Å². The van der Waals surface area contributed by atoms with E-state index < -0.39 is 23.6 Å². The molecule has 2 atom stereocenters. The quantitative estimate of drug-likeness (QED) is 0.709. The van der Waals surface area contributed by atoms with Crippen molar-refractivity contribution in [2.45, 2.75) is 26.2 Å². The van der Waals surface area contributed by atoms with E-state index in [-0.39, 0.29) is 12.5 Å². The van der Waals surface area contributed by atoms with Crippen LogP contribution < -0.4 is 11.2 Å². The molecule has 1 aromatic rings. The van der Waals surface area contributed by atoms with E-state index >= 15 is 0 Å². The van der Waals surface area contributed by atoms with Crippen LogP contribution in [0, 0.1) is 6.92 Å². The first kappa shape index (κ1) is 17.9. The van der Waals surface area contributed by atoms with E-state index in [1.54, 1.807) is 33.2 Å². The maximum absolute atomic E-state index is 11.5. The van der Waals surface area contributed by atoms with E-state index in [4.69, 9.17) is 9.84 Å². The standard InChI is InChI=1S/C10H12N2O4.C4H9NO/c1-6-4-12(10(15)11-9(6)14)8-3-2-7(5-13)16-8;1-4(6)5(2)3/h2-4,7-8,13H,5H2,1H3,(H,11,14,15);1-3H3/t7-,8+;/m0./s1. The number of rotatable bonds is 2. The summed E-state index contributed by atoms with van der Waals surface area (Å²) >= 11 is 0. The van der Waals surface area contributed by atoms with Crippen LogP contribution in [0.2, 0.25) is 0 Å². The lowest BCUT2D eigenvalue weighted by Crippen LogP contribution is -2.33. The molecule has 2 heterocycles. The predicted octanol–water partition coefficient (Wildman–Crippen LogP) is -0.615. The molecule has 8 heteroatoms. The highest BCUT2D eigenvalue weighted by Crippen LogP contribution is 2.18. The van der Waals surface area contributed by atoms with Gasteiger partial charge in [0.05, 0.1) is 6.61 Å². The summed E-state index contributed by atoms with van der Waals surface area (Å²) in [6.07, 6.45) is 3.82. The first-order valence-corrected chi connectivity index (χ1v) is 6.70. The number of carbonyl (C=O) groups excluding carboxylic acids is 1. The minimum atomic E-state index is -0.569. The molecule has 0 radical (unpaired) electrons. The van der Waals surface area contributed by atoms with Crippen molar-refractivity contribution in [2.24, 2.45) is 0 Å². The Balaban J connectivity index is 0.000000346. The second kappa shape index (κ2) is 7.71. The van der Waals surface area contributed by atoms with Gasteiger partial charge >= 0.3 is 5.69 Å². The van der Waals surface area contributed by atoms with Gasteiger partial charge in [0.25, 0.3) is 5.56 Å². The number of hydrogen-bond donors (Lipinski definition) is 2. The van der Waals surface area contributed by atoms with Gasteiger partial charge in [-0.2, -0.15) is 0 Å². The van der Waals surface area contributed by atoms with E-state index in [1.165, 1.54) is 22.6 Å². The number of aliphatic hydroxyl groups is 1. The summed E-state index contributed by atoms with van der Waals surface area (Å²) in [5, 5.41) is 8.88. The van der Waals surface area contributed by atoms with Crippen molar-refractivity contribution in [3.8, 4) is 0 Å². The zero-order chi connectivity index (χ0) is 16.9. The highest BCUT2D eigenvalue weighted by Gasteiger charge is 2.20. The Hall–Kier alpha value is -2.19. The van der Waals surface area contributed by atoms with Crippen molar-refractivity contribution in [1.82, 2.24) is 14.5 Å². The van der Waals surface area contributed by atoms with Gasteiger partial charge in [-0.25, -0.2) is 4.79 Å². The number of aromatic amines is 1. The van der Waals surface area contributed by atoms with Gasteiger partial charge in [0, 0.05) is 32.8 Å². The molecule has 0 spiro atoms. The second-order valence-corrected chi connectivity index (χ2v) is 5.02. The highest BCUT2D eigenvalue weighted by molar-refractivity contribution is 5.72. The van der Waals surface area contributed by atoms with Crippen molar-refractivity contribution < 1.29 is 14.6 Å². The maximum atomic E-state index is 11.5. The first-order valence-electron chi connectivity index (χ1n) is 6.70. The Bertz CT molecular complexity index is 659. The molecule has 0 aromatic carbocycles. The van der Waals surface area contributed by atoms with Gasteiger partial charge in [-0.1, -0.05) is 6.08 Å². The summed E-state index contributed by atoms with van der Waals surface area (Å²) in [6.45, 7) is 3.00.